The van der Waals surface area contributed by atoms with Gasteiger partial charge in [0, 0.05) is 0 Å². The normalized spacial score (nSPS) is 12.2. The van der Waals surface area contributed by atoms with Gasteiger partial charge in [0.05, 0.1) is 7.11 Å². The standard InChI is InChI=1S/C10H12NO2/c1-13-10(12)9(11)7-8-5-3-2-4-6-8/h2-6,9,11H,7H2,1H3. The molecule has 1 N–H and O–H groups in total. The fourth-order valence-electron chi connectivity index (χ4n) is 1.08. The third-order valence-corrected chi connectivity index (χ3v) is 1.77. The van der Waals surface area contributed by atoms with Crippen molar-refractivity contribution in [3.63, 3.8) is 0 Å². The largest absolute Gasteiger partial charge is 0.468 e. The average molecular weight is 178 g/mol. The van der Waals surface area contributed by atoms with Gasteiger partial charge in [-0.3, -0.25) is 4.79 Å². The predicted molar refractivity (Wildman–Crippen MR) is 49.0 cm³/mol. The van der Waals surface area contributed by atoms with Crippen molar-refractivity contribution in [3.8, 4) is 0 Å². The van der Waals surface area contributed by atoms with Crippen molar-refractivity contribution < 1.29 is 9.53 Å². The van der Waals surface area contributed by atoms with E-state index in [1.54, 1.807) is 0 Å². The number of hydrogen-bond donors (Lipinski definition) is 0. The van der Waals surface area contributed by atoms with Crippen molar-refractivity contribution in [1.82, 2.24) is 5.73 Å². The zero-order chi connectivity index (χ0) is 9.68. The number of esters is 1. The smallest absolute Gasteiger partial charge is 0.324 e. The van der Waals surface area contributed by atoms with Crippen LogP contribution < -0.4 is 5.73 Å². The molecule has 0 aliphatic heterocycles. The van der Waals surface area contributed by atoms with Gasteiger partial charge in [0.2, 0.25) is 0 Å². The maximum absolute atomic E-state index is 10.9. The summed E-state index contributed by atoms with van der Waals surface area (Å²) < 4.78 is 4.46. The SMILES string of the molecule is COC(=O)C([NH])Cc1ccccc1. The van der Waals surface area contributed by atoms with Crippen LogP contribution in [0.1, 0.15) is 5.56 Å². The van der Waals surface area contributed by atoms with Gasteiger partial charge in [-0.05, 0) is 12.0 Å². The number of carbonyl (C=O) groups excluding carboxylic acids is 1. The Bertz CT molecular complexity index is 272. The molecular formula is C10H12NO2. The molecule has 1 radical (unpaired) electrons. The van der Waals surface area contributed by atoms with Crippen LogP contribution >= 0.6 is 0 Å². The van der Waals surface area contributed by atoms with Gasteiger partial charge in [-0.15, -0.1) is 0 Å². The molecule has 0 aromatic heterocycles. The molecule has 3 heteroatoms. The van der Waals surface area contributed by atoms with E-state index in [1.807, 2.05) is 30.3 Å². The molecule has 0 bridgehead atoms. The molecule has 1 rings (SSSR count). The Hall–Kier alpha value is -1.35. The molecule has 0 spiro atoms. The molecule has 69 valence electrons. The maximum atomic E-state index is 10.9. The van der Waals surface area contributed by atoms with Crippen LogP contribution in [0.3, 0.4) is 0 Å². The lowest BCUT2D eigenvalue weighted by atomic mass is 10.1. The fourth-order valence-corrected chi connectivity index (χ4v) is 1.08. The van der Waals surface area contributed by atoms with E-state index < -0.39 is 12.0 Å². The van der Waals surface area contributed by atoms with Gasteiger partial charge in [0.1, 0.15) is 6.04 Å². The Morgan fingerprint density at radius 1 is 1.46 bits per heavy atom. The fraction of sp³-hybridized carbons (Fsp3) is 0.300. The summed E-state index contributed by atoms with van der Waals surface area (Å²) in [7, 11) is 1.30. The van der Waals surface area contributed by atoms with Crippen LogP contribution in [-0.4, -0.2) is 19.1 Å². The van der Waals surface area contributed by atoms with E-state index in [4.69, 9.17) is 5.73 Å². The summed E-state index contributed by atoms with van der Waals surface area (Å²) in [6.45, 7) is 0. The monoisotopic (exact) mass is 178 g/mol. The summed E-state index contributed by atoms with van der Waals surface area (Å²) in [4.78, 5) is 10.9. The van der Waals surface area contributed by atoms with Crippen molar-refractivity contribution in [1.29, 1.82) is 0 Å². The first-order chi connectivity index (χ1) is 6.24. The number of benzene rings is 1. The Labute approximate surface area is 77.5 Å². The quantitative estimate of drug-likeness (QED) is 0.649. The number of methoxy groups -OCH3 is 1. The first-order valence-corrected chi connectivity index (χ1v) is 4.07. The topological polar surface area (TPSA) is 50.1 Å². The highest BCUT2D eigenvalue weighted by Gasteiger charge is 2.14. The van der Waals surface area contributed by atoms with Crippen LogP contribution in [0.5, 0.6) is 0 Å². The highest BCUT2D eigenvalue weighted by molar-refractivity contribution is 5.75. The van der Waals surface area contributed by atoms with Gasteiger partial charge < -0.3 is 4.74 Å². The van der Waals surface area contributed by atoms with E-state index in [1.165, 1.54) is 7.11 Å². The van der Waals surface area contributed by atoms with Crippen molar-refractivity contribution in [3.05, 3.63) is 35.9 Å². The minimum Gasteiger partial charge on any atom is -0.468 e. The molecule has 0 heterocycles. The maximum Gasteiger partial charge on any atom is 0.324 e. The van der Waals surface area contributed by atoms with Gasteiger partial charge >= 0.3 is 5.97 Å². The van der Waals surface area contributed by atoms with Crippen LogP contribution in [0, 0.1) is 0 Å². The number of hydrogen-bond acceptors (Lipinski definition) is 2. The van der Waals surface area contributed by atoms with Gasteiger partial charge in [0.25, 0.3) is 0 Å². The Morgan fingerprint density at radius 2 is 2.08 bits per heavy atom. The van der Waals surface area contributed by atoms with Gasteiger partial charge in [-0.2, -0.15) is 0 Å². The van der Waals surface area contributed by atoms with E-state index >= 15 is 0 Å². The second-order valence-corrected chi connectivity index (χ2v) is 2.77. The molecular weight excluding hydrogens is 166 g/mol. The molecule has 1 aromatic carbocycles. The van der Waals surface area contributed by atoms with Gasteiger partial charge in [0.15, 0.2) is 0 Å². The zero-order valence-corrected chi connectivity index (χ0v) is 7.49. The van der Waals surface area contributed by atoms with Crippen LogP contribution in [-0.2, 0) is 16.0 Å². The molecule has 1 atom stereocenters. The summed E-state index contributed by atoms with van der Waals surface area (Å²) >= 11 is 0. The lowest BCUT2D eigenvalue weighted by Gasteiger charge is -2.07. The molecule has 0 amide bonds. The van der Waals surface area contributed by atoms with Crippen LogP contribution in [0.2, 0.25) is 0 Å². The highest BCUT2D eigenvalue weighted by Crippen LogP contribution is 2.03. The molecule has 0 aliphatic rings. The van der Waals surface area contributed by atoms with Crippen LogP contribution in [0.4, 0.5) is 0 Å². The van der Waals surface area contributed by atoms with Gasteiger partial charge in [-0.25, -0.2) is 5.73 Å². The van der Waals surface area contributed by atoms with Crippen LogP contribution in [0.15, 0.2) is 30.3 Å². The summed E-state index contributed by atoms with van der Waals surface area (Å²) in [6.07, 6.45) is 0.410. The highest BCUT2D eigenvalue weighted by atomic mass is 16.5. The molecule has 0 fully saturated rings. The Kier molecular flexibility index (Phi) is 3.46. The first-order valence-electron chi connectivity index (χ1n) is 4.07. The third-order valence-electron chi connectivity index (χ3n) is 1.77. The Morgan fingerprint density at radius 3 is 2.62 bits per heavy atom. The molecule has 0 aliphatic carbocycles. The van der Waals surface area contributed by atoms with Crippen molar-refractivity contribution in [2.24, 2.45) is 0 Å². The lowest BCUT2D eigenvalue weighted by molar-refractivity contribution is -0.142. The lowest BCUT2D eigenvalue weighted by Crippen LogP contribution is -2.25. The molecule has 1 aromatic rings. The van der Waals surface area contributed by atoms with Crippen molar-refractivity contribution in [2.75, 3.05) is 7.11 Å². The number of nitrogens with one attached hydrogen (secondary N) is 1. The van der Waals surface area contributed by atoms with E-state index in [0.29, 0.717) is 6.42 Å². The second kappa shape index (κ2) is 4.62. The van der Waals surface area contributed by atoms with E-state index in [9.17, 15) is 4.79 Å². The molecule has 3 nitrogen and oxygen atoms in total. The van der Waals surface area contributed by atoms with Crippen molar-refractivity contribution in [2.45, 2.75) is 12.5 Å². The number of carbonyl (C=O) groups is 1. The van der Waals surface area contributed by atoms with E-state index in [2.05, 4.69) is 4.74 Å². The van der Waals surface area contributed by atoms with E-state index in [-0.39, 0.29) is 0 Å². The van der Waals surface area contributed by atoms with E-state index in [0.717, 1.165) is 5.56 Å². The minimum atomic E-state index is -0.813. The first kappa shape index (κ1) is 9.74. The van der Waals surface area contributed by atoms with Crippen molar-refractivity contribution >= 4 is 5.97 Å². The average Bonchev–Trinajstić information content (AvgIpc) is 2.18. The number of ether oxygens (including phenoxy) is 1. The zero-order valence-electron chi connectivity index (χ0n) is 7.49. The Balaban J connectivity index is 2.55. The van der Waals surface area contributed by atoms with Crippen LogP contribution in [0.25, 0.3) is 0 Å². The summed E-state index contributed by atoms with van der Waals surface area (Å²) in [5.74, 6) is -0.483. The molecule has 1 unspecified atom stereocenters. The molecule has 13 heavy (non-hydrogen) atoms. The number of rotatable bonds is 3. The third kappa shape index (κ3) is 2.87. The van der Waals surface area contributed by atoms with Gasteiger partial charge in [-0.1, -0.05) is 30.3 Å². The molecule has 0 saturated carbocycles. The summed E-state index contributed by atoms with van der Waals surface area (Å²) in [5.41, 5.74) is 8.42. The minimum absolute atomic E-state index is 0.410. The molecule has 0 saturated heterocycles. The summed E-state index contributed by atoms with van der Waals surface area (Å²) in [5, 5.41) is 0. The predicted octanol–water partition coefficient (Wildman–Crippen LogP) is 1.05. The second-order valence-electron chi connectivity index (χ2n) is 2.77. The summed E-state index contributed by atoms with van der Waals surface area (Å²) in [6, 6.07) is 8.65.